The minimum absolute atomic E-state index is 0.0206. The number of amides is 1. The van der Waals surface area contributed by atoms with E-state index in [9.17, 15) is 10.1 Å². The van der Waals surface area contributed by atoms with Crippen LogP contribution < -0.4 is 0 Å². The molecule has 0 aromatic heterocycles. The second-order valence-corrected chi connectivity index (χ2v) is 11.9. The van der Waals surface area contributed by atoms with Gasteiger partial charge in [-0.15, -0.1) is 0 Å². The molecular weight excluding hydrogens is 416 g/mol. The molecule has 1 saturated heterocycles. The van der Waals surface area contributed by atoms with Gasteiger partial charge in [0.1, 0.15) is 5.60 Å². The molecule has 3 aliphatic heterocycles. The fourth-order valence-corrected chi connectivity index (χ4v) is 5.21. The van der Waals surface area contributed by atoms with Crippen molar-refractivity contribution in [3.8, 4) is 6.07 Å². The first-order valence-electron chi connectivity index (χ1n) is 12.4. The summed E-state index contributed by atoms with van der Waals surface area (Å²) >= 11 is 0. The molecule has 1 unspecified atom stereocenters. The summed E-state index contributed by atoms with van der Waals surface area (Å²) < 4.78 is 11.8. The van der Waals surface area contributed by atoms with Crippen molar-refractivity contribution in [3.05, 3.63) is 22.9 Å². The molecule has 4 aliphatic rings. The van der Waals surface area contributed by atoms with Gasteiger partial charge in [0.05, 0.1) is 24.3 Å². The van der Waals surface area contributed by atoms with E-state index < -0.39 is 5.60 Å². The maximum Gasteiger partial charge on any atom is 0.410 e. The number of nitriles is 1. The number of piperazine rings is 1. The molecule has 2 fully saturated rings. The summed E-state index contributed by atoms with van der Waals surface area (Å²) in [5.41, 5.74) is 3.04. The van der Waals surface area contributed by atoms with Crippen molar-refractivity contribution in [2.24, 2.45) is 11.8 Å². The molecule has 2 atom stereocenters. The van der Waals surface area contributed by atoms with Crippen LogP contribution in [0.4, 0.5) is 4.79 Å². The molecule has 1 saturated carbocycles. The Bertz CT molecular complexity index is 888. The first kappa shape index (κ1) is 24.1. The number of hydrogen-bond acceptors (Lipinski definition) is 6. The number of hydrogen-bond donors (Lipinski definition) is 0. The number of carbonyl (C=O) groups excluding carboxylic acids is 1. The molecule has 182 valence electrons. The number of ether oxygens (including phenoxy) is 2. The van der Waals surface area contributed by atoms with E-state index in [1.165, 1.54) is 29.6 Å². The average Bonchev–Trinajstić information content (AvgIpc) is 3.55. The molecule has 0 N–H and O–H groups in total. The Morgan fingerprint density at radius 2 is 1.97 bits per heavy atom. The van der Waals surface area contributed by atoms with Crippen LogP contribution in [0.25, 0.3) is 0 Å². The van der Waals surface area contributed by atoms with Gasteiger partial charge in [-0.3, -0.25) is 5.01 Å². The van der Waals surface area contributed by atoms with Crippen LogP contribution in [0.2, 0.25) is 0 Å². The second-order valence-electron chi connectivity index (χ2n) is 11.9. The zero-order chi connectivity index (χ0) is 24.1. The minimum atomic E-state index is -0.519. The van der Waals surface area contributed by atoms with Crippen molar-refractivity contribution >= 4 is 6.09 Å². The topological polar surface area (TPSA) is 69.0 Å². The molecule has 33 heavy (non-hydrogen) atoms. The fourth-order valence-electron chi connectivity index (χ4n) is 5.21. The third kappa shape index (κ3) is 5.07. The molecule has 7 nitrogen and oxygen atoms in total. The van der Waals surface area contributed by atoms with E-state index in [2.05, 4.69) is 50.0 Å². The third-order valence-corrected chi connectivity index (χ3v) is 7.09. The first-order valence-corrected chi connectivity index (χ1v) is 12.4. The van der Waals surface area contributed by atoms with Gasteiger partial charge in [0.25, 0.3) is 0 Å². The van der Waals surface area contributed by atoms with Crippen molar-refractivity contribution in [1.82, 2.24) is 14.9 Å². The highest BCUT2D eigenvalue weighted by atomic mass is 16.6. The van der Waals surface area contributed by atoms with Crippen LogP contribution in [-0.4, -0.2) is 70.5 Å². The Morgan fingerprint density at radius 3 is 2.55 bits per heavy atom. The minimum Gasteiger partial charge on any atom is -0.444 e. The van der Waals surface area contributed by atoms with Gasteiger partial charge < -0.3 is 14.4 Å². The SMILES string of the molecule is CC(C)C1CN(N2C=C(C3CC3)C3=C(CC(C)(C)OC3)[C@@H]2C#N)CCN1C(=O)OC(C)(C)C. The predicted octanol–water partition coefficient (Wildman–Crippen LogP) is 4.48. The summed E-state index contributed by atoms with van der Waals surface area (Å²) in [4.78, 5) is 14.8. The van der Waals surface area contributed by atoms with Crippen LogP contribution in [0.1, 0.15) is 67.7 Å². The molecule has 0 aromatic rings. The lowest BCUT2D eigenvalue weighted by Gasteiger charge is -2.50. The van der Waals surface area contributed by atoms with Gasteiger partial charge in [-0.05, 0) is 76.0 Å². The van der Waals surface area contributed by atoms with Crippen molar-refractivity contribution in [2.75, 3.05) is 26.2 Å². The quantitative estimate of drug-likeness (QED) is 0.624. The van der Waals surface area contributed by atoms with Crippen LogP contribution in [0.5, 0.6) is 0 Å². The molecule has 1 aliphatic carbocycles. The third-order valence-electron chi connectivity index (χ3n) is 7.09. The average molecular weight is 457 g/mol. The summed E-state index contributed by atoms with van der Waals surface area (Å²) in [6, 6.07) is 2.29. The largest absolute Gasteiger partial charge is 0.444 e. The number of nitrogens with zero attached hydrogens (tertiary/aromatic N) is 4. The lowest BCUT2D eigenvalue weighted by molar-refractivity contribution is -0.0753. The van der Waals surface area contributed by atoms with E-state index in [0.29, 0.717) is 32.2 Å². The van der Waals surface area contributed by atoms with Gasteiger partial charge in [-0.25, -0.2) is 9.80 Å². The molecule has 0 spiro atoms. The Kier molecular flexibility index (Phi) is 6.30. The zero-order valence-corrected chi connectivity index (χ0v) is 21.4. The van der Waals surface area contributed by atoms with Gasteiger partial charge >= 0.3 is 6.09 Å². The van der Waals surface area contributed by atoms with E-state index in [1.807, 2.05) is 25.7 Å². The maximum absolute atomic E-state index is 12.9. The van der Waals surface area contributed by atoms with E-state index in [0.717, 1.165) is 6.42 Å². The molecule has 4 rings (SSSR count). The highest BCUT2D eigenvalue weighted by Gasteiger charge is 2.44. The molecule has 0 radical (unpaired) electrons. The number of carbonyl (C=O) groups is 1. The Labute approximate surface area is 198 Å². The maximum atomic E-state index is 12.9. The number of hydrazine groups is 1. The zero-order valence-electron chi connectivity index (χ0n) is 21.4. The van der Waals surface area contributed by atoms with Gasteiger partial charge in [0, 0.05) is 32.3 Å². The van der Waals surface area contributed by atoms with Gasteiger partial charge in [0.2, 0.25) is 0 Å². The Hall–Kier alpha value is -2.04. The first-order chi connectivity index (χ1) is 15.4. The Balaban J connectivity index is 1.60. The highest BCUT2D eigenvalue weighted by molar-refractivity contribution is 5.68. The summed E-state index contributed by atoms with van der Waals surface area (Å²) in [6.45, 7) is 16.8. The van der Waals surface area contributed by atoms with Gasteiger partial charge in [-0.2, -0.15) is 5.26 Å². The molecule has 7 heteroatoms. The van der Waals surface area contributed by atoms with Crippen molar-refractivity contribution < 1.29 is 14.3 Å². The van der Waals surface area contributed by atoms with Crippen molar-refractivity contribution in [2.45, 2.75) is 91.0 Å². The van der Waals surface area contributed by atoms with E-state index >= 15 is 0 Å². The van der Waals surface area contributed by atoms with Crippen LogP contribution in [0, 0.1) is 23.2 Å². The van der Waals surface area contributed by atoms with Gasteiger partial charge in [-0.1, -0.05) is 13.8 Å². The van der Waals surface area contributed by atoms with E-state index in [4.69, 9.17) is 9.47 Å². The van der Waals surface area contributed by atoms with Crippen LogP contribution in [0.15, 0.2) is 22.9 Å². The van der Waals surface area contributed by atoms with Crippen LogP contribution in [-0.2, 0) is 9.47 Å². The summed E-state index contributed by atoms with van der Waals surface area (Å²) in [7, 11) is 0. The molecular formula is C26H40N4O3. The molecule has 0 bridgehead atoms. The van der Waals surface area contributed by atoms with E-state index in [1.54, 1.807) is 0 Å². The second kappa shape index (κ2) is 8.63. The predicted molar refractivity (Wildman–Crippen MR) is 127 cm³/mol. The standard InChI is InChI=1S/C26H40N4O3/c1-17(2)23-15-28(10-11-29(23)24(31)33-25(3,4)5)30-14-20(18-8-9-18)21-16-32-26(6,7)12-19(21)22(30)13-27/h14,17-18,22-23H,8-12,15-16H2,1-7H3/t22-,23?/m0/s1. The normalized spacial score (nSPS) is 28.4. The fraction of sp³-hybridized carbons (Fsp3) is 0.769. The van der Waals surface area contributed by atoms with Crippen LogP contribution >= 0.6 is 0 Å². The molecule has 1 amide bonds. The molecule has 3 heterocycles. The lowest BCUT2D eigenvalue weighted by Crippen LogP contribution is -2.62. The monoisotopic (exact) mass is 456 g/mol. The van der Waals surface area contributed by atoms with Crippen molar-refractivity contribution in [1.29, 1.82) is 5.26 Å². The van der Waals surface area contributed by atoms with E-state index in [-0.39, 0.29) is 29.7 Å². The summed E-state index contributed by atoms with van der Waals surface area (Å²) in [6.07, 6.45) is 5.15. The smallest absolute Gasteiger partial charge is 0.410 e. The number of rotatable bonds is 3. The highest BCUT2D eigenvalue weighted by Crippen LogP contribution is 2.47. The van der Waals surface area contributed by atoms with Crippen LogP contribution in [0.3, 0.4) is 0 Å². The Morgan fingerprint density at radius 1 is 1.27 bits per heavy atom. The van der Waals surface area contributed by atoms with Crippen molar-refractivity contribution in [3.63, 3.8) is 0 Å². The molecule has 0 aromatic carbocycles. The summed E-state index contributed by atoms with van der Waals surface area (Å²) in [5, 5.41) is 14.7. The summed E-state index contributed by atoms with van der Waals surface area (Å²) in [5.74, 6) is 0.847. The van der Waals surface area contributed by atoms with Gasteiger partial charge in [0.15, 0.2) is 6.04 Å². The lowest BCUT2D eigenvalue weighted by atomic mass is 9.82.